The summed E-state index contributed by atoms with van der Waals surface area (Å²) in [6, 6.07) is 0. The van der Waals surface area contributed by atoms with E-state index in [0.717, 1.165) is 19.3 Å². The fourth-order valence-corrected chi connectivity index (χ4v) is 2.94. The normalized spacial score (nSPS) is 11.5. The highest BCUT2D eigenvalue weighted by molar-refractivity contribution is 5.80. The molecule has 1 atom stereocenters. The Labute approximate surface area is 152 Å². The van der Waals surface area contributed by atoms with Crippen molar-refractivity contribution in [3.8, 4) is 0 Å². The topological polar surface area (TPSA) is 34.1 Å². The van der Waals surface area contributed by atoms with Gasteiger partial charge in [0.1, 0.15) is 11.6 Å². The van der Waals surface area contributed by atoms with Crippen LogP contribution in [0.4, 0.5) is 0 Å². The molecule has 0 rings (SSSR count). The molecular formula is C22H44O2. The molecule has 0 amide bonds. The Balaban J connectivity index is 0. The standard InChI is InChI=1S/C19H38O.C3H6O/c1-4-7-8-9-10-11-12-13-14-15-16-17-18(5-2)19(20)6-3;1-3(2)4/h18H,4-17H2,1-3H3;1-2H3. The first kappa shape index (κ1) is 25.6. The molecule has 0 N–H and O–H groups in total. The van der Waals surface area contributed by atoms with Crippen LogP contribution >= 0.6 is 0 Å². The van der Waals surface area contributed by atoms with Crippen molar-refractivity contribution in [2.45, 2.75) is 125 Å². The molecule has 0 radical (unpaired) electrons. The molecule has 0 heterocycles. The SMILES string of the molecule is CC(C)=O.CCCCCCCCCCCCCC(CC)C(=O)CC. The lowest BCUT2D eigenvalue weighted by atomic mass is 9.92. The van der Waals surface area contributed by atoms with Crippen LogP contribution < -0.4 is 0 Å². The number of carbonyl (C=O) groups is 2. The van der Waals surface area contributed by atoms with Gasteiger partial charge in [-0.1, -0.05) is 91.4 Å². The zero-order valence-electron chi connectivity index (χ0n) is 17.3. The number of rotatable bonds is 15. The molecule has 2 heteroatoms. The highest BCUT2D eigenvalue weighted by atomic mass is 16.1. The fourth-order valence-electron chi connectivity index (χ4n) is 2.94. The van der Waals surface area contributed by atoms with E-state index in [1.165, 1.54) is 84.5 Å². The predicted molar refractivity (Wildman–Crippen MR) is 107 cm³/mol. The average molecular weight is 341 g/mol. The van der Waals surface area contributed by atoms with Crippen molar-refractivity contribution in [1.29, 1.82) is 0 Å². The second-order valence-corrected chi connectivity index (χ2v) is 7.16. The summed E-state index contributed by atoms with van der Waals surface area (Å²) in [6.07, 6.45) is 18.1. The van der Waals surface area contributed by atoms with Gasteiger partial charge < -0.3 is 4.79 Å². The highest BCUT2D eigenvalue weighted by Gasteiger charge is 2.13. The van der Waals surface area contributed by atoms with Crippen LogP contribution in [0, 0.1) is 5.92 Å². The summed E-state index contributed by atoms with van der Waals surface area (Å²) in [7, 11) is 0. The van der Waals surface area contributed by atoms with E-state index in [9.17, 15) is 9.59 Å². The number of hydrogen-bond acceptors (Lipinski definition) is 2. The van der Waals surface area contributed by atoms with Crippen molar-refractivity contribution in [2.24, 2.45) is 5.92 Å². The summed E-state index contributed by atoms with van der Waals surface area (Å²) < 4.78 is 0. The molecule has 0 spiro atoms. The molecule has 0 saturated heterocycles. The van der Waals surface area contributed by atoms with Crippen LogP contribution in [0.2, 0.25) is 0 Å². The van der Waals surface area contributed by atoms with Crippen LogP contribution in [0.1, 0.15) is 125 Å². The van der Waals surface area contributed by atoms with E-state index in [-0.39, 0.29) is 5.78 Å². The first-order valence-corrected chi connectivity index (χ1v) is 10.5. The molecule has 0 fully saturated rings. The number of unbranched alkanes of at least 4 members (excludes halogenated alkanes) is 10. The lowest BCUT2D eigenvalue weighted by Crippen LogP contribution is -2.12. The van der Waals surface area contributed by atoms with Gasteiger partial charge in [0.25, 0.3) is 0 Å². The highest BCUT2D eigenvalue weighted by Crippen LogP contribution is 2.17. The summed E-state index contributed by atoms with van der Waals surface area (Å²) in [5.41, 5.74) is 0. The molecule has 24 heavy (non-hydrogen) atoms. The van der Waals surface area contributed by atoms with Crippen molar-refractivity contribution in [3.63, 3.8) is 0 Å². The van der Waals surface area contributed by atoms with Gasteiger partial charge >= 0.3 is 0 Å². The van der Waals surface area contributed by atoms with E-state index in [1.54, 1.807) is 0 Å². The van der Waals surface area contributed by atoms with E-state index < -0.39 is 0 Å². The minimum absolute atomic E-state index is 0.167. The van der Waals surface area contributed by atoms with Crippen molar-refractivity contribution in [2.75, 3.05) is 0 Å². The maximum absolute atomic E-state index is 11.7. The molecule has 0 aromatic rings. The van der Waals surface area contributed by atoms with Crippen molar-refractivity contribution in [1.82, 2.24) is 0 Å². The third-order valence-electron chi connectivity index (χ3n) is 4.45. The van der Waals surface area contributed by atoms with Gasteiger partial charge in [-0.15, -0.1) is 0 Å². The number of ketones is 2. The number of Topliss-reactive ketones (excluding diaryl/α,β-unsaturated/α-hetero) is 2. The predicted octanol–water partition coefficient (Wildman–Crippen LogP) is 7.29. The number of hydrogen-bond donors (Lipinski definition) is 0. The summed E-state index contributed by atoms with van der Waals surface area (Å²) in [4.78, 5) is 21.1. The zero-order valence-corrected chi connectivity index (χ0v) is 17.3. The van der Waals surface area contributed by atoms with Crippen LogP contribution in [-0.4, -0.2) is 11.6 Å². The molecule has 2 nitrogen and oxygen atoms in total. The molecule has 0 aliphatic heterocycles. The molecule has 0 aliphatic carbocycles. The number of carbonyl (C=O) groups excluding carboxylic acids is 2. The Hall–Kier alpha value is -0.660. The summed E-state index contributed by atoms with van der Waals surface area (Å²) >= 11 is 0. The van der Waals surface area contributed by atoms with E-state index >= 15 is 0 Å². The lowest BCUT2D eigenvalue weighted by Gasteiger charge is -2.12. The quantitative estimate of drug-likeness (QED) is 0.293. The van der Waals surface area contributed by atoms with Crippen molar-refractivity contribution < 1.29 is 9.59 Å². The Bertz CT molecular complexity index is 280. The molecule has 1 unspecified atom stereocenters. The Morgan fingerprint density at radius 2 is 1.04 bits per heavy atom. The van der Waals surface area contributed by atoms with Crippen LogP contribution in [0.15, 0.2) is 0 Å². The van der Waals surface area contributed by atoms with E-state index in [4.69, 9.17) is 0 Å². The molecular weight excluding hydrogens is 296 g/mol. The molecule has 144 valence electrons. The van der Waals surface area contributed by atoms with Gasteiger partial charge in [-0.25, -0.2) is 0 Å². The molecule has 0 aliphatic rings. The smallest absolute Gasteiger partial charge is 0.135 e. The van der Waals surface area contributed by atoms with Crippen molar-refractivity contribution in [3.05, 3.63) is 0 Å². The summed E-state index contributed by atoms with van der Waals surface area (Å²) in [6.45, 7) is 9.47. The van der Waals surface area contributed by atoms with E-state index in [1.807, 2.05) is 6.92 Å². The Kier molecular flexibility index (Phi) is 21.7. The maximum atomic E-state index is 11.7. The van der Waals surface area contributed by atoms with Gasteiger partial charge in [0.05, 0.1) is 0 Å². The molecule has 0 bridgehead atoms. The zero-order chi connectivity index (χ0) is 18.6. The van der Waals surface area contributed by atoms with Gasteiger partial charge in [0, 0.05) is 12.3 Å². The maximum Gasteiger partial charge on any atom is 0.135 e. The van der Waals surface area contributed by atoms with Crippen LogP contribution in [0.25, 0.3) is 0 Å². The first-order chi connectivity index (χ1) is 11.5. The van der Waals surface area contributed by atoms with Gasteiger partial charge in [-0.05, 0) is 26.7 Å². The van der Waals surface area contributed by atoms with Gasteiger partial charge in [-0.2, -0.15) is 0 Å². The Morgan fingerprint density at radius 1 is 0.667 bits per heavy atom. The fraction of sp³-hybridized carbons (Fsp3) is 0.909. The van der Waals surface area contributed by atoms with Crippen LogP contribution in [0.3, 0.4) is 0 Å². The average Bonchev–Trinajstić information content (AvgIpc) is 2.55. The van der Waals surface area contributed by atoms with Crippen LogP contribution in [0.5, 0.6) is 0 Å². The minimum atomic E-state index is 0.167. The van der Waals surface area contributed by atoms with E-state index in [0.29, 0.717) is 11.7 Å². The monoisotopic (exact) mass is 340 g/mol. The second-order valence-electron chi connectivity index (χ2n) is 7.16. The first-order valence-electron chi connectivity index (χ1n) is 10.5. The van der Waals surface area contributed by atoms with Crippen molar-refractivity contribution >= 4 is 11.6 Å². The third kappa shape index (κ3) is 21.3. The minimum Gasteiger partial charge on any atom is -0.300 e. The lowest BCUT2D eigenvalue weighted by molar-refractivity contribution is -0.123. The third-order valence-corrected chi connectivity index (χ3v) is 4.45. The molecule has 0 aromatic heterocycles. The largest absolute Gasteiger partial charge is 0.300 e. The summed E-state index contributed by atoms with van der Waals surface area (Å²) in [5, 5.41) is 0. The second kappa shape index (κ2) is 20.4. The van der Waals surface area contributed by atoms with E-state index in [2.05, 4.69) is 13.8 Å². The van der Waals surface area contributed by atoms with Gasteiger partial charge in [0.15, 0.2) is 0 Å². The molecule has 0 saturated carbocycles. The van der Waals surface area contributed by atoms with Gasteiger partial charge in [0.2, 0.25) is 0 Å². The Morgan fingerprint density at radius 3 is 1.38 bits per heavy atom. The van der Waals surface area contributed by atoms with Gasteiger partial charge in [-0.3, -0.25) is 4.79 Å². The molecule has 0 aromatic carbocycles. The van der Waals surface area contributed by atoms with Crippen LogP contribution in [-0.2, 0) is 9.59 Å². The summed E-state index contributed by atoms with van der Waals surface area (Å²) in [5.74, 6) is 0.984.